The minimum absolute atomic E-state index is 0.513. The van der Waals surface area contributed by atoms with Crippen molar-refractivity contribution in [3.63, 3.8) is 0 Å². The van der Waals surface area contributed by atoms with Crippen LogP contribution in [0.2, 0.25) is 0 Å². The number of hydrogen-bond donors (Lipinski definition) is 0. The Morgan fingerprint density at radius 2 is 0.955 bits per heavy atom. The van der Waals surface area contributed by atoms with E-state index in [4.69, 9.17) is 27.1 Å². The van der Waals surface area contributed by atoms with Crippen molar-refractivity contribution in [2.24, 2.45) is 0 Å². The van der Waals surface area contributed by atoms with E-state index in [1.807, 2.05) is 39.8 Å². The van der Waals surface area contributed by atoms with E-state index in [-0.39, 0.29) is 0 Å². The van der Waals surface area contributed by atoms with Crippen molar-refractivity contribution in [3.05, 3.63) is 24.3 Å². The van der Waals surface area contributed by atoms with E-state index in [9.17, 15) is 0 Å². The summed E-state index contributed by atoms with van der Waals surface area (Å²) in [4.78, 5) is 0. The maximum atomic E-state index is 5.78. The van der Waals surface area contributed by atoms with Crippen molar-refractivity contribution in [1.29, 1.82) is 0 Å². The van der Waals surface area contributed by atoms with Crippen LogP contribution in [0.3, 0.4) is 0 Å². The lowest BCUT2D eigenvalue weighted by Crippen LogP contribution is -2.01. The van der Waals surface area contributed by atoms with Crippen LogP contribution in [0, 0.1) is 0 Å². The molecule has 0 saturated carbocycles. The molecule has 1 rings (SSSR count). The van der Waals surface area contributed by atoms with Gasteiger partial charge in [0.15, 0.2) is 11.5 Å². The molecule has 0 aliphatic heterocycles. The molecule has 126 valence electrons. The molecule has 0 saturated heterocycles. The van der Waals surface area contributed by atoms with Crippen molar-refractivity contribution >= 4 is 17.2 Å². The molecule has 6 nitrogen and oxygen atoms in total. The molecule has 0 spiro atoms. The first kappa shape index (κ1) is 19.6. The van der Waals surface area contributed by atoms with Gasteiger partial charge in [0.1, 0.15) is 0 Å². The molecule has 0 aliphatic carbocycles. The van der Waals surface area contributed by atoms with Gasteiger partial charge < -0.3 is 27.1 Å². The Morgan fingerprint density at radius 1 is 0.636 bits per heavy atom. The SMILES string of the molecule is CCOP(OCC)Oc1ccccc1OP(OCC)OCC. The molecular formula is C14H24O6P2. The molecule has 0 N–H and O–H groups in total. The molecule has 1 aromatic rings. The smallest absolute Gasteiger partial charge is 0.397 e. The van der Waals surface area contributed by atoms with E-state index in [1.165, 1.54) is 0 Å². The van der Waals surface area contributed by atoms with Gasteiger partial charge in [0, 0.05) is 0 Å². The highest BCUT2D eigenvalue weighted by molar-refractivity contribution is 7.42. The Morgan fingerprint density at radius 3 is 1.23 bits per heavy atom. The monoisotopic (exact) mass is 350 g/mol. The number of rotatable bonds is 12. The lowest BCUT2D eigenvalue weighted by Gasteiger charge is -2.20. The van der Waals surface area contributed by atoms with Crippen LogP contribution >= 0.6 is 17.2 Å². The van der Waals surface area contributed by atoms with Crippen LogP contribution in [0.4, 0.5) is 0 Å². The number of hydrogen-bond acceptors (Lipinski definition) is 6. The van der Waals surface area contributed by atoms with Gasteiger partial charge in [0.05, 0.1) is 26.4 Å². The Balaban J connectivity index is 2.78. The first-order chi connectivity index (χ1) is 10.7. The summed E-state index contributed by atoms with van der Waals surface area (Å²) in [6.07, 6.45) is 0. The number of benzene rings is 1. The summed E-state index contributed by atoms with van der Waals surface area (Å²) in [7, 11) is -2.90. The largest absolute Gasteiger partial charge is 0.423 e. The van der Waals surface area contributed by atoms with Gasteiger partial charge in [-0.05, 0) is 39.8 Å². The van der Waals surface area contributed by atoms with Crippen LogP contribution < -0.4 is 9.05 Å². The summed E-state index contributed by atoms with van der Waals surface area (Å²) in [5, 5.41) is 0. The fourth-order valence-corrected chi connectivity index (χ4v) is 3.19. The molecule has 0 heterocycles. The Hall–Kier alpha value is -0.480. The summed E-state index contributed by atoms with van der Waals surface area (Å²) in [6.45, 7) is 9.62. The van der Waals surface area contributed by atoms with Gasteiger partial charge in [-0.25, -0.2) is 0 Å². The molecule has 0 bridgehead atoms. The maximum Gasteiger partial charge on any atom is 0.397 e. The molecule has 0 radical (unpaired) electrons. The molecule has 0 fully saturated rings. The van der Waals surface area contributed by atoms with Crippen molar-refractivity contribution in [1.82, 2.24) is 0 Å². The Labute approximate surface area is 135 Å². The third-order valence-corrected chi connectivity index (χ3v) is 4.70. The third-order valence-electron chi connectivity index (χ3n) is 2.13. The molecule has 8 heteroatoms. The summed E-state index contributed by atoms with van der Waals surface area (Å²) < 4.78 is 33.4. The highest BCUT2D eigenvalue weighted by Gasteiger charge is 2.20. The van der Waals surface area contributed by atoms with Crippen molar-refractivity contribution < 1.29 is 27.1 Å². The van der Waals surface area contributed by atoms with E-state index in [0.29, 0.717) is 37.9 Å². The molecule has 22 heavy (non-hydrogen) atoms. The van der Waals surface area contributed by atoms with Crippen LogP contribution in [0.5, 0.6) is 11.5 Å². The van der Waals surface area contributed by atoms with Crippen LogP contribution in [0.15, 0.2) is 24.3 Å². The maximum absolute atomic E-state index is 5.78. The molecular weight excluding hydrogens is 326 g/mol. The van der Waals surface area contributed by atoms with E-state index in [0.717, 1.165) is 0 Å². The zero-order chi connectivity index (χ0) is 16.2. The van der Waals surface area contributed by atoms with E-state index in [2.05, 4.69) is 0 Å². The molecule has 0 aromatic heterocycles. The summed E-state index contributed by atoms with van der Waals surface area (Å²) in [5.41, 5.74) is 0. The zero-order valence-corrected chi connectivity index (χ0v) is 15.3. The van der Waals surface area contributed by atoms with E-state index in [1.54, 1.807) is 12.1 Å². The Bertz CT molecular complexity index is 358. The fraction of sp³-hybridized carbons (Fsp3) is 0.571. The second-order valence-electron chi connectivity index (χ2n) is 3.75. The van der Waals surface area contributed by atoms with Crippen LogP contribution in [0.1, 0.15) is 27.7 Å². The predicted octanol–water partition coefficient (Wildman–Crippen LogP) is 5.04. The van der Waals surface area contributed by atoms with Gasteiger partial charge in [0.2, 0.25) is 0 Å². The van der Waals surface area contributed by atoms with Gasteiger partial charge in [-0.15, -0.1) is 0 Å². The standard InChI is InChI=1S/C14H24O6P2/c1-5-15-21(16-6-2)19-13-11-9-10-12-14(13)20-22(17-7-3)18-8-4/h9-12H,5-8H2,1-4H3. The molecule has 0 aliphatic rings. The van der Waals surface area contributed by atoms with E-state index < -0.39 is 17.2 Å². The molecule has 0 unspecified atom stereocenters. The van der Waals surface area contributed by atoms with Crippen LogP contribution in [-0.2, 0) is 18.1 Å². The zero-order valence-electron chi connectivity index (χ0n) is 13.5. The number of para-hydroxylation sites is 2. The summed E-state index contributed by atoms with van der Waals surface area (Å²) in [5.74, 6) is 1.09. The van der Waals surface area contributed by atoms with Gasteiger partial charge in [-0.1, -0.05) is 12.1 Å². The second-order valence-corrected chi connectivity index (χ2v) is 6.04. The summed E-state index contributed by atoms with van der Waals surface area (Å²) in [6, 6.07) is 7.32. The van der Waals surface area contributed by atoms with Crippen LogP contribution in [0.25, 0.3) is 0 Å². The minimum Gasteiger partial charge on any atom is -0.423 e. The predicted molar refractivity (Wildman–Crippen MR) is 88.0 cm³/mol. The van der Waals surface area contributed by atoms with Crippen molar-refractivity contribution in [2.45, 2.75) is 27.7 Å². The fourth-order valence-electron chi connectivity index (χ4n) is 1.36. The normalized spacial score (nSPS) is 11.2. The lowest BCUT2D eigenvalue weighted by molar-refractivity contribution is 0.211. The second kappa shape index (κ2) is 12.0. The van der Waals surface area contributed by atoms with Gasteiger partial charge >= 0.3 is 17.2 Å². The van der Waals surface area contributed by atoms with Crippen LogP contribution in [-0.4, -0.2) is 26.4 Å². The average molecular weight is 350 g/mol. The topological polar surface area (TPSA) is 55.4 Å². The minimum atomic E-state index is -1.45. The first-order valence-corrected chi connectivity index (χ1v) is 9.51. The van der Waals surface area contributed by atoms with Gasteiger partial charge in [-0.3, -0.25) is 0 Å². The average Bonchev–Trinajstić information content (AvgIpc) is 2.50. The van der Waals surface area contributed by atoms with E-state index >= 15 is 0 Å². The highest BCUT2D eigenvalue weighted by Crippen LogP contribution is 2.48. The van der Waals surface area contributed by atoms with Crippen molar-refractivity contribution in [3.8, 4) is 11.5 Å². The molecule has 0 atom stereocenters. The molecule has 0 amide bonds. The Kier molecular flexibility index (Phi) is 10.7. The highest BCUT2D eigenvalue weighted by atomic mass is 31.2. The third kappa shape index (κ3) is 7.19. The summed E-state index contributed by atoms with van der Waals surface area (Å²) >= 11 is 0. The van der Waals surface area contributed by atoms with Gasteiger partial charge in [0.25, 0.3) is 0 Å². The molecule has 1 aromatic carbocycles. The quantitative estimate of drug-likeness (QED) is 0.492. The first-order valence-electron chi connectivity index (χ1n) is 7.31. The van der Waals surface area contributed by atoms with Gasteiger partial charge in [-0.2, -0.15) is 0 Å². The lowest BCUT2D eigenvalue weighted by atomic mass is 10.3. The van der Waals surface area contributed by atoms with Crippen molar-refractivity contribution in [2.75, 3.05) is 26.4 Å².